The zero-order chi connectivity index (χ0) is 23.4. The molecule has 168 valence electrons. The summed E-state index contributed by atoms with van der Waals surface area (Å²) in [5.41, 5.74) is -2.11. The van der Waals surface area contributed by atoms with Gasteiger partial charge in [0.2, 0.25) is 9.84 Å². The number of halogens is 4. The van der Waals surface area contributed by atoms with Crippen molar-refractivity contribution >= 4 is 33.0 Å². The number of ketones is 2. The molecule has 1 aromatic carbocycles. The first-order valence-corrected chi connectivity index (χ1v) is 11.7. The molecule has 4 rings (SSSR count). The Morgan fingerprint density at radius 3 is 2.28 bits per heavy atom. The van der Waals surface area contributed by atoms with Crippen molar-refractivity contribution in [3.63, 3.8) is 0 Å². The van der Waals surface area contributed by atoms with Crippen molar-refractivity contribution in [1.29, 1.82) is 0 Å². The predicted octanol–water partition coefficient (Wildman–Crippen LogP) is 4.97. The summed E-state index contributed by atoms with van der Waals surface area (Å²) < 4.78 is 65.8. The molecule has 2 unspecified atom stereocenters. The third-order valence-corrected chi connectivity index (χ3v) is 8.19. The number of sulfone groups is 1. The molecule has 2 bridgehead atoms. The van der Waals surface area contributed by atoms with Crippen LogP contribution in [0.1, 0.15) is 41.0 Å². The quantitative estimate of drug-likeness (QED) is 0.453. The summed E-state index contributed by atoms with van der Waals surface area (Å²) in [6, 6.07) is 6.96. The number of benzene rings is 1. The van der Waals surface area contributed by atoms with Crippen LogP contribution >= 0.6 is 11.6 Å². The third kappa shape index (κ3) is 3.77. The molecule has 0 amide bonds. The number of aryl methyl sites for hydroxylation is 1. The van der Waals surface area contributed by atoms with E-state index in [2.05, 4.69) is 4.98 Å². The Hall–Kier alpha value is -2.52. The monoisotopic (exact) mass is 483 g/mol. The molecule has 1 aromatic heterocycles. The second-order valence-corrected chi connectivity index (χ2v) is 10.3. The van der Waals surface area contributed by atoms with Crippen molar-refractivity contribution < 1.29 is 31.2 Å². The molecule has 5 nitrogen and oxygen atoms in total. The van der Waals surface area contributed by atoms with Crippen molar-refractivity contribution in [3.8, 4) is 0 Å². The van der Waals surface area contributed by atoms with Gasteiger partial charge in [-0.25, -0.2) is 13.4 Å². The van der Waals surface area contributed by atoms with Gasteiger partial charge < -0.3 is 0 Å². The molecular weight excluding hydrogens is 467 g/mol. The Bertz CT molecular complexity index is 1270. The Balaban J connectivity index is 1.89. The number of aromatic nitrogens is 1. The summed E-state index contributed by atoms with van der Waals surface area (Å²) in [6.45, 7) is 1.22. The summed E-state index contributed by atoms with van der Waals surface area (Å²) in [5, 5.41) is 0.321. The fraction of sp³-hybridized carbons (Fsp3) is 0.318. The van der Waals surface area contributed by atoms with E-state index < -0.39 is 50.7 Å². The Morgan fingerprint density at radius 1 is 1.06 bits per heavy atom. The van der Waals surface area contributed by atoms with Gasteiger partial charge in [0.05, 0.1) is 15.4 Å². The number of rotatable bonds is 4. The third-order valence-electron chi connectivity index (χ3n) is 5.93. The van der Waals surface area contributed by atoms with E-state index in [1.165, 1.54) is 31.2 Å². The van der Waals surface area contributed by atoms with Gasteiger partial charge in [-0.3, -0.25) is 9.59 Å². The van der Waals surface area contributed by atoms with Gasteiger partial charge in [0.25, 0.3) is 0 Å². The first-order valence-electron chi connectivity index (χ1n) is 9.80. The van der Waals surface area contributed by atoms with Crippen LogP contribution in [0.2, 0.25) is 5.02 Å². The Kier molecular flexibility index (Phi) is 5.53. The van der Waals surface area contributed by atoms with Crippen LogP contribution in [0, 0.1) is 18.8 Å². The molecule has 2 aliphatic carbocycles. The topological polar surface area (TPSA) is 81.2 Å². The summed E-state index contributed by atoms with van der Waals surface area (Å²) in [6.07, 6.45) is -3.50. The summed E-state index contributed by atoms with van der Waals surface area (Å²) in [5.74, 6) is -2.50. The number of nitrogens with zero attached hydrogens (tertiary/aromatic N) is 1. The molecule has 0 aliphatic heterocycles. The number of alkyl halides is 3. The zero-order valence-corrected chi connectivity index (χ0v) is 18.3. The number of fused-ring (bicyclic) bond motifs is 2. The summed E-state index contributed by atoms with van der Waals surface area (Å²) in [4.78, 5) is 29.6. The number of hydrogen-bond donors (Lipinski definition) is 0. The van der Waals surface area contributed by atoms with Crippen LogP contribution in [0.3, 0.4) is 0 Å². The lowest BCUT2D eigenvalue weighted by molar-refractivity contribution is -0.141. The normalized spacial score (nSPS) is 21.2. The highest BCUT2D eigenvalue weighted by Crippen LogP contribution is 2.47. The maximum atomic E-state index is 13.5. The van der Waals surface area contributed by atoms with Crippen LogP contribution in [0.15, 0.2) is 51.8 Å². The molecule has 10 heteroatoms. The van der Waals surface area contributed by atoms with Gasteiger partial charge in [0.15, 0.2) is 11.6 Å². The van der Waals surface area contributed by atoms with Crippen molar-refractivity contribution in [2.75, 3.05) is 0 Å². The molecule has 1 heterocycles. The van der Waals surface area contributed by atoms with Crippen molar-refractivity contribution in [1.82, 2.24) is 4.98 Å². The van der Waals surface area contributed by atoms with Gasteiger partial charge in [-0.1, -0.05) is 11.6 Å². The number of pyridine rings is 1. The number of carbonyl (C=O) groups excluding carboxylic acids is 2. The van der Waals surface area contributed by atoms with E-state index in [0.717, 1.165) is 6.07 Å². The second-order valence-electron chi connectivity index (χ2n) is 7.92. The maximum absolute atomic E-state index is 13.5. The predicted molar refractivity (Wildman–Crippen MR) is 110 cm³/mol. The molecule has 0 radical (unpaired) electrons. The highest BCUT2D eigenvalue weighted by Gasteiger charge is 2.48. The lowest BCUT2D eigenvalue weighted by Gasteiger charge is -2.25. The van der Waals surface area contributed by atoms with Crippen LogP contribution in [0.25, 0.3) is 0 Å². The van der Waals surface area contributed by atoms with Crippen LogP contribution in [-0.2, 0) is 20.8 Å². The van der Waals surface area contributed by atoms with Crippen LogP contribution in [0.5, 0.6) is 0 Å². The van der Waals surface area contributed by atoms with E-state index in [1.54, 1.807) is 0 Å². The fourth-order valence-electron chi connectivity index (χ4n) is 4.40. The van der Waals surface area contributed by atoms with Gasteiger partial charge in [-0.2, -0.15) is 13.2 Å². The zero-order valence-electron chi connectivity index (χ0n) is 16.7. The average Bonchev–Trinajstić information content (AvgIpc) is 3.14. The Morgan fingerprint density at radius 2 is 1.69 bits per heavy atom. The van der Waals surface area contributed by atoms with Crippen LogP contribution < -0.4 is 0 Å². The van der Waals surface area contributed by atoms with Crippen LogP contribution in [0.4, 0.5) is 13.2 Å². The van der Waals surface area contributed by atoms with Crippen LogP contribution in [-0.4, -0.2) is 25.0 Å². The van der Waals surface area contributed by atoms with Crippen molar-refractivity contribution in [3.05, 3.63) is 68.9 Å². The molecule has 2 atom stereocenters. The van der Waals surface area contributed by atoms with E-state index in [9.17, 15) is 31.2 Å². The minimum absolute atomic E-state index is 0.109. The lowest BCUT2D eigenvalue weighted by Crippen LogP contribution is -2.30. The van der Waals surface area contributed by atoms with Crippen molar-refractivity contribution in [2.45, 2.75) is 37.3 Å². The molecule has 1 saturated carbocycles. The summed E-state index contributed by atoms with van der Waals surface area (Å²) >= 11 is 5.85. The first kappa shape index (κ1) is 22.7. The van der Waals surface area contributed by atoms with Gasteiger partial charge in [0, 0.05) is 22.2 Å². The summed E-state index contributed by atoms with van der Waals surface area (Å²) in [7, 11) is -4.21. The highest BCUT2D eigenvalue weighted by molar-refractivity contribution is 7.95. The molecule has 1 fully saturated rings. The minimum atomic E-state index is -4.70. The van der Waals surface area contributed by atoms with Gasteiger partial charge >= 0.3 is 6.18 Å². The second kappa shape index (κ2) is 7.81. The van der Waals surface area contributed by atoms with E-state index in [0.29, 0.717) is 30.4 Å². The highest BCUT2D eigenvalue weighted by atomic mass is 35.5. The largest absolute Gasteiger partial charge is 0.433 e. The van der Waals surface area contributed by atoms with E-state index in [4.69, 9.17) is 11.6 Å². The molecule has 0 spiro atoms. The van der Waals surface area contributed by atoms with Gasteiger partial charge in [-0.05, 0) is 68.5 Å². The molecule has 0 saturated heterocycles. The lowest BCUT2D eigenvalue weighted by atomic mass is 9.84. The number of carbonyl (C=O) groups is 2. The molecular formula is C22H17ClF3NO4S. The number of Topliss-reactive ketones (excluding diaryl/α,β-unsaturated/α-hetero) is 2. The fourth-order valence-corrected chi connectivity index (χ4v) is 6.39. The molecule has 0 N–H and O–H groups in total. The number of hydrogen-bond acceptors (Lipinski definition) is 5. The first-order chi connectivity index (χ1) is 14.9. The minimum Gasteiger partial charge on any atom is -0.294 e. The maximum Gasteiger partial charge on any atom is 0.433 e. The van der Waals surface area contributed by atoms with E-state index in [1.807, 2.05) is 0 Å². The van der Waals surface area contributed by atoms with Gasteiger partial charge in [-0.15, -0.1) is 0 Å². The van der Waals surface area contributed by atoms with Gasteiger partial charge in [0.1, 0.15) is 5.69 Å². The smallest absolute Gasteiger partial charge is 0.294 e. The number of allylic oxidation sites excluding steroid dienone is 2. The standard InChI is InChI=1S/C22H17ClF3NO4S/c1-11-16(8-9-17(27-11)22(24,25)26)20(29)18-19(28)12-2-3-13(10-12)21(18)32(30,31)15-6-4-14(23)5-7-15/h4-9,12-13H,2-3,10H2,1H3. The molecule has 2 aromatic rings. The van der Waals surface area contributed by atoms with E-state index in [-0.39, 0.29) is 21.1 Å². The average molecular weight is 484 g/mol. The molecule has 2 aliphatic rings. The molecule has 32 heavy (non-hydrogen) atoms. The van der Waals surface area contributed by atoms with Crippen molar-refractivity contribution in [2.24, 2.45) is 11.8 Å². The Labute approximate surface area is 187 Å². The SMILES string of the molecule is Cc1nc(C(F)(F)F)ccc1C(=O)C1=C(S(=O)(=O)c2ccc(Cl)cc2)C2CCC(C2)C1=O. The van der Waals surface area contributed by atoms with E-state index >= 15 is 0 Å².